The number of fused-ring (bicyclic) bond motifs is 1. The van der Waals surface area contributed by atoms with Gasteiger partial charge < -0.3 is 9.88 Å². The molecule has 0 aliphatic carbocycles. The molecule has 0 amide bonds. The van der Waals surface area contributed by atoms with Crippen molar-refractivity contribution < 1.29 is 0 Å². The zero-order chi connectivity index (χ0) is 13.2. The van der Waals surface area contributed by atoms with E-state index < -0.39 is 0 Å². The zero-order valence-electron chi connectivity index (χ0n) is 10.5. The Morgan fingerprint density at radius 3 is 2.95 bits per heavy atom. The Morgan fingerprint density at radius 2 is 2.16 bits per heavy atom. The maximum absolute atomic E-state index is 6.13. The van der Waals surface area contributed by atoms with Crippen molar-refractivity contribution in [3.8, 4) is 0 Å². The highest BCUT2D eigenvalue weighted by Crippen LogP contribution is 2.26. The van der Waals surface area contributed by atoms with Gasteiger partial charge in [0, 0.05) is 36.0 Å². The van der Waals surface area contributed by atoms with Gasteiger partial charge in [0.1, 0.15) is 5.82 Å². The molecular formula is C14H13ClN4. The van der Waals surface area contributed by atoms with Gasteiger partial charge >= 0.3 is 0 Å². The number of aryl methyl sites for hydroxylation is 1. The van der Waals surface area contributed by atoms with Gasteiger partial charge in [-0.1, -0.05) is 17.7 Å². The molecule has 0 unspecified atom stereocenters. The van der Waals surface area contributed by atoms with Crippen LogP contribution in [0, 0.1) is 0 Å². The predicted octanol–water partition coefficient (Wildman–Crippen LogP) is 3.23. The van der Waals surface area contributed by atoms with Gasteiger partial charge in [0.05, 0.1) is 17.7 Å². The summed E-state index contributed by atoms with van der Waals surface area (Å²) in [7, 11) is 1.97. The number of rotatable bonds is 3. The Bertz CT molecular complexity index is 720. The van der Waals surface area contributed by atoms with Crippen molar-refractivity contribution in [2.45, 2.75) is 6.54 Å². The number of nitrogens with zero attached hydrogens (tertiary/aromatic N) is 3. The molecule has 0 atom stereocenters. The van der Waals surface area contributed by atoms with Crippen LogP contribution in [0.15, 0.2) is 42.9 Å². The highest BCUT2D eigenvalue weighted by molar-refractivity contribution is 6.31. The normalized spacial score (nSPS) is 10.8. The SMILES string of the molecule is Cn1ccnc1CNc1cc(Cl)cc2cccnc12. The maximum Gasteiger partial charge on any atom is 0.127 e. The minimum absolute atomic E-state index is 0.634. The summed E-state index contributed by atoms with van der Waals surface area (Å²) in [4.78, 5) is 8.68. The molecule has 2 aromatic heterocycles. The summed E-state index contributed by atoms with van der Waals surface area (Å²) in [5, 5.41) is 5.06. The van der Waals surface area contributed by atoms with Crippen LogP contribution in [-0.2, 0) is 13.6 Å². The molecule has 0 radical (unpaired) electrons. The van der Waals surface area contributed by atoms with Crippen molar-refractivity contribution in [3.63, 3.8) is 0 Å². The summed E-state index contributed by atoms with van der Waals surface area (Å²) in [5.74, 6) is 0.962. The smallest absolute Gasteiger partial charge is 0.127 e. The van der Waals surface area contributed by atoms with Gasteiger partial charge in [-0.15, -0.1) is 0 Å². The van der Waals surface area contributed by atoms with E-state index in [1.807, 2.05) is 42.1 Å². The largest absolute Gasteiger partial charge is 0.376 e. The Balaban J connectivity index is 1.94. The number of aromatic nitrogens is 3. The number of anilines is 1. The monoisotopic (exact) mass is 272 g/mol. The lowest BCUT2D eigenvalue weighted by atomic mass is 10.2. The first-order valence-corrected chi connectivity index (χ1v) is 6.36. The van der Waals surface area contributed by atoms with E-state index in [2.05, 4.69) is 15.3 Å². The van der Waals surface area contributed by atoms with Crippen LogP contribution in [-0.4, -0.2) is 14.5 Å². The zero-order valence-corrected chi connectivity index (χ0v) is 11.2. The van der Waals surface area contributed by atoms with Gasteiger partial charge in [-0.25, -0.2) is 4.98 Å². The molecule has 0 saturated carbocycles. The van der Waals surface area contributed by atoms with Gasteiger partial charge in [0.25, 0.3) is 0 Å². The summed E-state index contributed by atoms with van der Waals surface area (Å²) in [6, 6.07) is 7.71. The van der Waals surface area contributed by atoms with Gasteiger partial charge in [0.15, 0.2) is 0 Å². The molecule has 2 heterocycles. The van der Waals surface area contributed by atoms with E-state index in [0.717, 1.165) is 22.4 Å². The van der Waals surface area contributed by atoms with Gasteiger partial charge in [0.2, 0.25) is 0 Å². The predicted molar refractivity (Wildman–Crippen MR) is 77.3 cm³/mol. The third-order valence-electron chi connectivity index (χ3n) is 3.03. The van der Waals surface area contributed by atoms with Gasteiger partial charge in [-0.05, 0) is 18.2 Å². The van der Waals surface area contributed by atoms with E-state index in [1.165, 1.54) is 0 Å². The van der Waals surface area contributed by atoms with Crippen LogP contribution in [0.1, 0.15) is 5.82 Å². The fraction of sp³-hybridized carbons (Fsp3) is 0.143. The molecule has 0 bridgehead atoms. The van der Waals surface area contributed by atoms with E-state index in [4.69, 9.17) is 11.6 Å². The van der Waals surface area contributed by atoms with Crippen molar-refractivity contribution in [2.24, 2.45) is 7.05 Å². The second kappa shape index (κ2) is 4.90. The number of halogens is 1. The standard InChI is InChI=1S/C14H13ClN4/c1-19-6-5-16-13(19)9-18-12-8-11(15)7-10-3-2-4-17-14(10)12/h2-8,18H,9H2,1H3. The van der Waals surface area contributed by atoms with E-state index in [0.29, 0.717) is 11.6 Å². The fourth-order valence-electron chi connectivity index (χ4n) is 2.03. The summed E-state index contributed by atoms with van der Waals surface area (Å²) in [5.41, 5.74) is 1.84. The first-order chi connectivity index (χ1) is 9.24. The third kappa shape index (κ3) is 2.39. The van der Waals surface area contributed by atoms with Crippen molar-refractivity contribution >= 4 is 28.2 Å². The van der Waals surface area contributed by atoms with Crippen LogP contribution in [0.4, 0.5) is 5.69 Å². The highest BCUT2D eigenvalue weighted by atomic mass is 35.5. The van der Waals surface area contributed by atoms with Crippen LogP contribution in [0.3, 0.4) is 0 Å². The lowest BCUT2D eigenvalue weighted by Crippen LogP contribution is -2.06. The molecule has 96 valence electrons. The lowest BCUT2D eigenvalue weighted by Gasteiger charge is -2.09. The molecule has 0 saturated heterocycles. The lowest BCUT2D eigenvalue weighted by molar-refractivity contribution is 0.813. The number of nitrogens with one attached hydrogen (secondary N) is 1. The van der Waals surface area contributed by atoms with Crippen molar-refractivity contribution in [1.29, 1.82) is 0 Å². The summed E-state index contributed by atoms with van der Waals surface area (Å²) >= 11 is 6.13. The molecular weight excluding hydrogens is 260 g/mol. The Hall–Kier alpha value is -2.07. The second-order valence-electron chi connectivity index (χ2n) is 4.34. The number of imidazole rings is 1. The Labute approximate surface area is 116 Å². The Morgan fingerprint density at radius 1 is 1.26 bits per heavy atom. The van der Waals surface area contributed by atoms with Crippen molar-refractivity contribution in [2.75, 3.05) is 5.32 Å². The fourth-order valence-corrected chi connectivity index (χ4v) is 2.26. The molecule has 0 aliphatic heterocycles. The van der Waals surface area contributed by atoms with Crippen molar-refractivity contribution in [3.05, 3.63) is 53.7 Å². The molecule has 4 nitrogen and oxygen atoms in total. The van der Waals surface area contributed by atoms with E-state index in [1.54, 1.807) is 12.4 Å². The maximum atomic E-state index is 6.13. The first kappa shape index (κ1) is 12.0. The van der Waals surface area contributed by atoms with Gasteiger partial charge in [-0.3, -0.25) is 4.98 Å². The highest BCUT2D eigenvalue weighted by Gasteiger charge is 2.05. The summed E-state index contributed by atoms with van der Waals surface area (Å²) < 4.78 is 1.98. The number of benzene rings is 1. The number of hydrogen-bond acceptors (Lipinski definition) is 3. The van der Waals surface area contributed by atoms with E-state index in [-0.39, 0.29) is 0 Å². The van der Waals surface area contributed by atoms with Crippen LogP contribution >= 0.6 is 11.6 Å². The minimum Gasteiger partial charge on any atom is -0.376 e. The number of pyridine rings is 1. The topological polar surface area (TPSA) is 42.7 Å². The molecule has 1 N–H and O–H groups in total. The summed E-state index contributed by atoms with van der Waals surface area (Å²) in [6.07, 6.45) is 5.48. The van der Waals surface area contributed by atoms with E-state index in [9.17, 15) is 0 Å². The number of hydrogen-bond donors (Lipinski definition) is 1. The average Bonchev–Trinajstić information content (AvgIpc) is 2.81. The molecule has 1 aromatic carbocycles. The molecule has 19 heavy (non-hydrogen) atoms. The van der Waals surface area contributed by atoms with Crippen LogP contribution in [0.25, 0.3) is 10.9 Å². The minimum atomic E-state index is 0.634. The average molecular weight is 273 g/mol. The van der Waals surface area contributed by atoms with E-state index >= 15 is 0 Å². The molecule has 3 rings (SSSR count). The molecule has 3 aromatic rings. The summed E-state index contributed by atoms with van der Waals surface area (Å²) in [6.45, 7) is 0.634. The molecule has 0 aliphatic rings. The molecule has 5 heteroatoms. The first-order valence-electron chi connectivity index (χ1n) is 5.98. The van der Waals surface area contributed by atoms with Crippen LogP contribution in [0.2, 0.25) is 5.02 Å². The molecule has 0 fully saturated rings. The second-order valence-corrected chi connectivity index (χ2v) is 4.77. The third-order valence-corrected chi connectivity index (χ3v) is 3.25. The van der Waals surface area contributed by atoms with Crippen LogP contribution in [0.5, 0.6) is 0 Å². The van der Waals surface area contributed by atoms with Crippen molar-refractivity contribution in [1.82, 2.24) is 14.5 Å². The quantitative estimate of drug-likeness (QED) is 0.796. The van der Waals surface area contributed by atoms with Gasteiger partial charge in [-0.2, -0.15) is 0 Å². The molecule has 0 spiro atoms. The van der Waals surface area contributed by atoms with Crippen LogP contribution < -0.4 is 5.32 Å². The Kier molecular flexibility index (Phi) is 3.09.